The van der Waals surface area contributed by atoms with E-state index in [4.69, 9.17) is 0 Å². The molecule has 0 aromatic heterocycles. The molecule has 0 radical (unpaired) electrons. The molecule has 2 aliphatic rings. The minimum absolute atomic E-state index is 0.00679. The van der Waals surface area contributed by atoms with Gasteiger partial charge in [-0.25, -0.2) is 8.42 Å². The number of nitrogens with one attached hydrogen (secondary N) is 1. The molecular weight excluding hydrogens is 292 g/mol. The summed E-state index contributed by atoms with van der Waals surface area (Å²) in [5.41, 5.74) is 0. The van der Waals surface area contributed by atoms with Crippen LogP contribution in [0, 0.1) is 11.8 Å². The van der Waals surface area contributed by atoms with Crippen molar-refractivity contribution in [1.29, 1.82) is 0 Å². The van der Waals surface area contributed by atoms with Crippen LogP contribution in [0.15, 0.2) is 0 Å². The average Bonchev–Trinajstić information content (AvgIpc) is 3.15. The summed E-state index contributed by atoms with van der Waals surface area (Å²) in [7, 11) is -3.05. The van der Waals surface area contributed by atoms with Gasteiger partial charge in [0.2, 0.25) is 11.8 Å². The molecule has 2 rings (SSSR count). The zero-order valence-electron chi connectivity index (χ0n) is 12.8. The first-order valence-corrected chi connectivity index (χ1v) is 9.55. The van der Waals surface area contributed by atoms with Crippen molar-refractivity contribution in [2.45, 2.75) is 45.2 Å². The molecule has 1 heterocycles. The molecule has 0 aromatic carbocycles. The minimum Gasteiger partial charge on any atom is -0.342 e. The first-order chi connectivity index (χ1) is 9.70. The van der Waals surface area contributed by atoms with Gasteiger partial charge in [-0.15, -0.1) is 0 Å². The molecule has 0 bridgehead atoms. The Morgan fingerprint density at radius 1 is 1.29 bits per heavy atom. The van der Waals surface area contributed by atoms with Crippen molar-refractivity contribution in [2.75, 3.05) is 18.6 Å². The van der Waals surface area contributed by atoms with Crippen LogP contribution in [0.25, 0.3) is 0 Å². The third-order valence-electron chi connectivity index (χ3n) is 4.09. The van der Waals surface area contributed by atoms with E-state index in [1.165, 1.54) is 6.26 Å². The number of carbonyl (C=O) groups is 2. The van der Waals surface area contributed by atoms with Crippen molar-refractivity contribution in [3.63, 3.8) is 0 Å². The first-order valence-electron chi connectivity index (χ1n) is 7.49. The van der Waals surface area contributed by atoms with Crippen LogP contribution < -0.4 is 5.32 Å². The number of hydrogen-bond acceptors (Lipinski definition) is 4. The van der Waals surface area contributed by atoms with E-state index in [1.54, 1.807) is 4.90 Å². The standard InChI is InChI=1S/C14H24N2O4S/c1-9(2)12-13(17)15-11(10-5-6-10)14(18)16(12)7-4-8-21(3,19)20/h9-12H,4-8H2,1-3H3,(H,15,17). The zero-order chi connectivity index (χ0) is 15.8. The normalized spacial score (nSPS) is 27.1. The van der Waals surface area contributed by atoms with Crippen LogP contribution >= 0.6 is 0 Å². The Labute approximate surface area is 126 Å². The maximum Gasteiger partial charge on any atom is 0.246 e. The fourth-order valence-corrected chi connectivity index (χ4v) is 3.57. The average molecular weight is 316 g/mol. The van der Waals surface area contributed by atoms with Gasteiger partial charge in [-0.2, -0.15) is 0 Å². The maximum atomic E-state index is 12.6. The number of hydrogen-bond donors (Lipinski definition) is 1. The quantitative estimate of drug-likeness (QED) is 0.758. The zero-order valence-corrected chi connectivity index (χ0v) is 13.6. The van der Waals surface area contributed by atoms with E-state index in [2.05, 4.69) is 5.32 Å². The van der Waals surface area contributed by atoms with Gasteiger partial charge in [0, 0.05) is 12.8 Å². The van der Waals surface area contributed by atoms with Gasteiger partial charge in [-0.05, 0) is 31.1 Å². The van der Waals surface area contributed by atoms with E-state index in [-0.39, 0.29) is 29.4 Å². The highest BCUT2D eigenvalue weighted by atomic mass is 32.2. The maximum absolute atomic E-state index is 12.6. The largest absolute Gasteiger partial charge is 0.342 e. The second kappa shape index (κ2) is 5.94. The number of nitrogens with zero attached hydrogens (tertiary/aromatic N) is 1. The summed E-state index contributed by atoms with van der Waals surface area (Å²) < 4.78 is 22.5. The number of rotatable bonds is 6. The molecule has 1 saturated carbocycles. The number of carbonyl (C=O) groups excluding carboxylic acids is 2. The Hall–Kier alpha value is -1.11. The summed E-state index contributed by atoms with van der Waals surface area (Å²) in [6, 6.07) is -0.905. The van der Waals surface area contributed by atoms with E-state index >= 15 is 0 Å². The Kier molecular flexibility index (Phi) is 4.60. The van der Waals surface area contributed by atoms with E-state index in [0.29, 0.717) is 13.0 Å². The fourth-order valence-electron chi connectivity index (χ4n) is 2.92. The van der Waals surface area contributed by atoms with E-state index in [1.807, 2.05) is 13.8 Å². The van der Waals surface area contributed by atoms with Crippen molar-refractivity contribution in [2.24, 2.45) is 11.8 Å². The third-order valence-corrected chi connectivity index (χ3v) is 5.12. The summed E-state index contributed by atoms with van der Waals surface area (Å²) >= 11 is 0. The summed E-state index contributed by atoms with van der Waals surface area (Å²) in [4.78, 5) is 26.5. The molecular formula is C14H24N2O4S. The minimum atomic E-state index is -3.05. The lowest BCUT2D eigenvalue weighted by Gasteiger charge is -2.41. The van der Waals surface area contributed by atoms with Crippen molar-refractivity contribution >= 4 is 21.7 Å². The smallest absolute Gasteiger partial charge is 0.246 e. The monoisotopic (exact) mass is 316 g/mol. The second-order valence-corrected chi connectivity index (χ2v) is 8.79. The van der Waals surface area contributed by atoms with Gasteiger partial charge < -0.3 is 10.2 Å². The van der Waals surface area contributed by atoms with Crippen LogP contribution in [-0.2, 0) is 19.4 Å². The molecule has 1 N–H and O–H groups in total. The summed E-state index contributed by atoms with van der Waals surface area (Å²) in [5.74, 6) is 0.140. The van der Waals surface area contributed by atoms with Crippen molar-refractivity contribution < 1.29 is 18.0 Å². The Bertz CT molecular complexity index is 525. The van der Waals surface area contributed by atoms with Gasteiger partial charge >= 0.3 is 0 Å². The van der Waals surface area contributed by atoms with Crippen molar-refractivity contribution in [1.82, 2.24) is 10.2 Å². The lowest BCUT2D eigenvalue weighted by Crippen LogP contribution is -2.65. The molecule has 1 saturated heterocycles. The molecule has 1 aliphatic carbocycles. The molecule has 2 unspecified atom stereocenters. The van der Waals surface area contributed by atoms with Gasteiger partial charge in [0.15, 0.2) is 0 Å². The lowest BCUT2D eigenvalue weighted by molar-refractivity contribution is -0.151. The second-order valence-electron chi connectivity index (χ2n) is 6.53. The summed E-state index contributed by atoms with van der Waals surface area (Å²) in [5, 5.41) is 2.85. The lowest BCUT2D eigenvalue weighted by atomic mass is 9.95. The molecule has 0 spiro atoms. The molecule has 21 heavy (non-hydrogen) atoms. The molecule has 2 atom stereocenters. The van der Waals surface area contributed by atoms with Gasteiger partial charge in [-0.3, -0.25) is 9.59 Å². The van der Waals surface area contributed by atoms with Crippen LogP contribution in [0.2, 0.25) is 0 Å². The Morgan fingerprint density at radius 2 is 1.90 bits per heavy atom. The molecule has 120 valence electrons. The third kappa shape index (κ3) is 3.96. The Morgan fingerprint density at radius 3 is 2.38 bits per heavy atom. The van der Waals surface area contributed by atoms with Crippen LogP contribution in [0.3, 0.4) is 0 Å². The van der Waals surface area contributed by atoms with Crippen LogP contribution in [-0.4, -0.2) is 55.8 Å². The molecule has 2 amide bonds. The summed E-state index contributed by atoms with van der Waals surface area (Å²) in [6.07, 6.45) is 3.50. The molecule has 7 heteroatoms. The van der Waals surface area contributed by atoms with Gasteiger partial charge in [0.25, 0.3) is 0 Å². The van der Waals surface area contributed by atoms with E-state index in [0.717, 1.165) is 12.8 Å². The van der Waals surface area contributed by atoms with Crippen LogP contribution in [0.5, 0.6) is 0 Å². The van der Waals surface area contributed by atoms with Crippen molar-refractivity contribution in [3.05, 3.63) is 0 Å². The Balaban J connectivity index is 2.10. The van der Waals surface area contributed by atoms with E-state index < -0.39 is 21.9 Å². The molecule has 2 fully saturated rings. The predicted molar refractivity (Wildman–Crippen MR) is 79.3 cm³/mol. The fraction of sp³-hybridized carbons (Fsp3) is 0.857. The molecule has 1 aliphatic heterocycles. The number of sulfone groups is 1. The highest BCUT2D eigenvalue weighted by molar-refractivity contribution is 7.90. The number of amides is 2. The van der Waals surface area contributed by atoms with E-state index in [9.17, 15) is 18.0 Å². The first kappa shape index (κ1) is 16.3. The van der Waals surface area contributed by atoms with Gasteiger partial charge in [0.1, 0.15) is 21.9 Å². The van der Waals surface area contributed by atoms with Crippen molar-refractivity contribution in [3.8, 4) is 0 Å². The SMILES string of the molecule is CC(C)C1C(=O)NC(C2CC2)C(=O)N1CCCS(C)(=O)=O. The predicted octanol–water partition coefficient (Wildman–Crippen LogP) is 0.183. The van der Waals surface area contributed by atoms with Gasteiger partial charge in [0.05, 0.1) is 5.75 Å². The molecule has 0 aromatic rings. The number of piperazine rings is 1. The highest BCUT2D eigenvalue weighted by Gasteiger charge is 2.47. The van der Waals surface area contributed by atoms with Gasteiger partial charge in [-0.1, -0.05) is 13.8 Å². The van der Waals surface area contributed by atoms with Crippen LogP contribution in [0.4, 0.5) is 0 Å². The topological polar surface area (TPSA) is 83.6 Å². The van der Waals surface area contributed by atoms with Crippen LogP contribution in [0.1, 0.15) is 33.1 Å². The molecule has 6 nitrogen and oxygen atoms in total. The highest BCUT2D eigenvalue weighted by Crippen LogP contribution is 2.35. The summed E-state index contributed by atoms with van der Waals surface area (Å²) in [6.45, 7) is 4.13.